The van der Waals surface area contributed by atoms with Crippen molar-refractivity contribution in [2.45, 2.75) is 12.3 Å². The second kappa shape index (κ2) is 5.47. The van der Waals surface area contributed by atoms with Crippen LogP contribution in [0.5, 0.6) is 5.75 Å². The van der Waals surface area contributed by atoms with E-state index in [0.29, 0.717) is 5.92 Å². The van der Waals surface area contributed by atoms with Gasteiger partial charge in [0.1, 0.15) is 0 Å². The van der Waals surface area contributed by atoms with Gasteiger partial charge in [0.05, 0.1) is 13.7 Å². The number of hydrogen-bond acceptors (Lipinski definition) is 3. The highest BCUT2D eigenvalue weighted by atomic mass is 19.1. The number of hydrogen-bond donors (Lipinski definition) is 2. The number of aliphatic hydroxyl groups is 1. The van der Waals surface area contributed by atoms with Gasteiger partial charge in [-0.3, -0.25) is 0 Å². The Morgan fingerprint density at radius 3 is 2.94 bits per heavy atom. The second-order valence-corrected chi connectivity index (χ2v) is 4.44. The number of ether oxygens (including phenoxy) is 1. The highest BCUT2D eigenvalue weighted by Crippen LogP contribution is 2.31. The van der Waals surface area contributed by atoms with E-state index in [2.05, 4.69) is 5.32 Å². The van der Waals surface area contributed by atoms with Crippen LogP contribution in [0.25, 0.3) is 0 Å². The van der Waals surface area contributed by atoms with E-state index in [1.807, 2.05) is 6.07 Å². The summed E-state index contributed by atoms with van der Waals surface area (Å²) in [5.74, 6) is 0.266. The number of nitrogens with one attached hydrogen (secondary N) is 1. The fourth-order valence-corrected chi connectivity index (χ4v) is 2.46. The molecule has 2 N–H and O–H groups in total. The first-order valence-corrected chi connectivity index (χ1v) is 5.91. The third kappa shape index (κ3) is 2.58. The summed E-state index contributed by atoms with van der Waals surface area (Å²) in [5, 5.41) is 12.7. The first kappa shape index (κ1) is 12.3. The first-order chi connectivity index (χ1) is 8.26. The van der Waals surface area contributed by atoms with Crippen LogP contribution >= 0.6 is 0 Å². The van der Waals surface area contributed by atoms with E-state index in [1.165, 1.54) is 13.2 Å². The van der Waals surface area contributed by atoms with E-state index in [0.717, 1.165) is 25.1 Å². The molecule has 0 radical (unpaired) electrons. The molecule has 1 heterocycles. The monoisotopic (exact) mass is 239 g/mol. The molecule has 1 fully saturated rings. The zero-order valence-corrected chi connectivity index (χ0v) is 9.95. The fraction of sp³-hybridized carbons (Fsp3) is 0.538. The molecule has 4 heteroatoms. The molecule has 1 saturated heterocycles. The van der Waals surface area contributed by atoms with Gasteiger partial charge in [0.25, 0.3) is 0 Å². The van der Waals surface area contributed by atoms with Crippen molar-refractivity contribution in [3.05, 3.63) is 29.6 Å². The standard InChI is InChI=1S/C13H18FNO2/c1-17-13-3-2-9(6-12(13)14)11(8-16)10-4-5-15-7-10/h2-3,6,10-11,15-16H,4-5,7-8H2,1H3. The van der Waals surface area contributed by atoms with Gasteiger partial charge in [-0.05, 0) is 43.1 Å². The molecule has 0 saturated carbocycles. The second-order valence-electron chi connectivity index (χ2n) is 4.44. The first-order valence-electron chi connectivity index (χ1n) is 5.91. The van der Waals surface area contributed by atoms with Crippen LogP contribution in [0.3, 0.4) is 0 Å². The lowest BCUT2D eigenvalue weighted by Crippen LogP contribution is -2.19. The molecule has 2 rings (SSSR count). The Morgan fingerprint density at radius 2 is 2.41 bits per heavy atom. The predicted molar refractivity (Wildman–Crippen MR) is 63.8 cm³/mol. The van der Waals surface area contributed by atoms with Crippen LogP contribution < -0.4 is 10.1 Å². The summed E-state index contributed by atoms with van der Waals surface area (Å²) in [6.07, 6.45) is 1.03. The minimum Gasteiger partial charge on any atom is -0.494 e. The third-order valence-corrected chi connectivity index (χ3v) is 3.47. The summed E-state index contributed by atoms with van der Waals surface area (Å²) in [6.45, 7) is 1.91. The number of halogens is 1. The quantitative estimate of drug-likeness (QED) is 0.837. The van der Waals surface area contributed by atoms with Crippen molar-refractivity contribution in [3.8, 4) is 5.75 Å². The van der Waals surface area contributed by atoms with Gasteiger partial charge in [0.2, 0.25) is 0 Å². The maximum Gasteiger partial charge on any atom is 0.165 e. The molecular weight excluding hydrogens is 221 g/mol. The SMILES string of the molecule is COc1ccc(C(CO)C2CCNC2)cc1F. The Labute approximate surface area is 101 Å². The number of rotatable bonds is 4. The predicted octanol–water partition coefficient (Wildman–Crippen LogP) is 1.52. The molecule has 2 atom stereocenters. The van der Waals surface area contributed by atoms with Crippen molar-refractivity contribution < 1.29 is 14.2 Å². The van der Waals surface area contributed by atoms with Crippen LogP contribution in [-0.4, -0.2) is 31.9 Å². The molecule has 1 aromatic rings. The van der Waals surface area contributed by atoms with Gasteiger partial charge in [-0.15, -0.1) is 0 Å². The maximum absolute atomic E-state index is 13.6. The summed E-state index contributed by atoms with van der Waals surface area (Å²) >= 11 is 0. The largest absolute Gasteiger partial charge is 0.494 e. The van der Waals surface area contributed by atoms with E-state index in [9.17, 15) is 9.50 Å². The van der Waals surface area contributed by atoms with Crippen molar-refractivity contribution in [1.29, 1.82) is 0 Å². The van der Waals surface area contributed by atoms with Gasteiger partial charge in [0.15, 0.2) is 11.6 Å². The Bertz CT molecular complexity index is 378. The van der Waals surface area contributed by atoms with Gasteiger partial charge < -0.3 is 15.2 Å². The molecule has 0 bridgehead atoms. The Balaban J connectivity index is 2.21. The smallest absolute Gasteiger partial charge is 0.165 e. The van der Waals surface area contributed by atoms with Crippen molar-refractivity contribution in [1.82, 2.24) is 5.32 Å². The van der Waals surface area contributed by atoms with Gasteiger partial charge in [-0.2, -0.15) is 0 Å². The van der Waals surface area contributed by atoms with E-state index >= 15 is 0 Å². The van der Waals surface area contributed by atoms with Crippen LogP contribution in [0, 0.1) is 11.7 Å². The normalized spacial score (nSPS) is 21.5. The lowest BCUT2D eigenvalue weighted by Gasteiger charge is -2.21. The Hall–Kier alpha value is -1.13. The highest BCUT2D eigenvalue weighted by molar-refractivity contribution is 5.31. The lowest BCUT2D eigenvalue weighted by atomic mass is 9.86. The molecule has 1 aliphatic rings. The zero-order valence-electron chi connectivity index (χ0n) is 9.95. The highest BCUT2D eigenvalue weighted by Gasteiger charge is 2.26. The van der Waals surface area contributed by atoms with Gasteiger partial charge in [-0.1, -0.05) is 6.07 Å². The summed E-state index contributed by atoms with van der Waals surface area (Å²) in [5.41, 5.74) is 0.847. The Kier molecular flexibility index (Phi) is 3.97. The maximum atomic E-state index is 13.6. The zero-order chi connectivity index (χ0) is 12.3. The molecule has 0 amide bonds. The molecule has 1 aliphatic heterocycles. The molecule has 17 heavy (non-hydrogen) atoms. The number of methoxy groups -OCH3 is 1. The minimum atomic E-state index is -0.366. The topological polar surface area (TPSA) is 41.5 Å². The summed E-state index contributed by atoms with van der Waals surface area (Å²) in [4.78, 5) is 0. The van der Waals surface area contributed by atoms with Crippen LogP contribution in [-0.2, 0) is 0 Å². The summed E-state index contributed by atoms with van der Waals surface area (Å²) < 4.78 is 18.5. The molecule has 2 unspecified atom stereocenters. The molecule has 0 aliphatic carbocycles. The average Bonchev–Trinajstić information content (AvgIpc) is 2.84. The molecule has 94 valence electrons. The van der Waals surface area contributed by atoms with Crippen molar-refractivity contribution in [2.75, 3.05) is 26.8 Å². The van der Waals surface area contributed by atoms with Crippen LogP contribution in [0.2, 0.25) is 0 Å². The van der Waals surface area contributed by atoms with Crippen molar-refractivity contribution >= 4 is 0 Å². The van der Waals surface area contributed by atoms with E-state index in [1.54, 1.807) is 6.07 Å². The fourth-order valence-electron chi connectivity index (χ4n) is 2.46. The summed E-state index contributed by atoms with van der Waals surface area (Å²) in [6, 6.07) is 4.93. The summed E-state index contributed by atoms with van der Waals surface area (Å²) in [7, 11) is 1.45. The molecule has 0 aromatic heterocycles. The molecular formula is C13H18FNO2. The average molecular weight is 239 g/mol. The molecule has 1 aromatic carbocycles. The Morgan fingerprint density at radius 1 is 1.59 bits per heavy atom. The van der Waals surface area contributed by atoms with Crippen molar-refractivity contribution in [3.63, 3.8) is 0 Å². The third-order valence-electron chi connectivity index (χ3n) is 3.47. The lowest BCUT2D eigenvalue weighted by molar-refractivity contribution is 0.230. The molecule has 0 spiro atoms. The van der Waals surface area contributed by atoms with E-state index in [4.69, 9.17) is 4.74 Å². The van der Waals surface area contributed by atoms with Gasteiger partial charge in [-0.25, -0.2) is 4.39 Å². The van der Waals surface area contributed by atoms with Crippen LogP contribution in [0.1, 0.15) is 17.9 Å². The van der Waals surface area contributed by atoms with E-state index < -0.39 is 0 Å². The van der Waals surface area contributed by atoms with E-state index in [-0.39, 0.29) is 24.1 Å². The van der Waals surface area contributed by atoms with Crippen LogP contribution in [0.15, 0.2) is 18.2 Å². The van der Waals surface area contributed by atoms with Crippen molar-refractivity contribution in [2.24, 2.45) is 5.92 Å². The van der Waals surface area contributed by atoms with Crippen LogP contribution in [0.4, 0.5) is 4.39 Å². The number of benzene rings is 1. The molecule has 3 nitrogen and oxygen atoms in total. The minimum absolute atomic E-state index is 0.00501. The van der Waals surface area contributed by atoms with Gasteiger partial charge >= 0.3 is 0 Å². The number of aliphatic hydroxyl groups excluding tert-OH is 1. The van der Waals surface area contributed by atoms with Gasteiger partial charge in [0, 0.05) is 5.92 Å².